The van der Waals surface area contributed by atoms with Gasteiger partial charge in [-0.2, -0.15) is 0 Å². The lowest BCUT2D eigenvalue weighted by Gasteiger charge is -2.11. The zero-order valence-corrected chi connectivity index (χ0v) is 18.6. The van der Waals surface area contributed by atoms with Crippen molar-refractivity contribution in [3.8, 4) is 17.4 Å². The summed E-state index contributed by atoms with van der Waals surface area (Å²) in [6.07, 6.45) is 0.281. The normalized spacial score (nSPS) is 11.4. The Bertz CT molecular complexity index is 1480. The third kappa shape index (κ3) is 4.45. The molecule has 0 spiro atoms. The lowest BCUT2D eigenvalue weighted by Crippen LogP contribution is -2.31. The first-order valence-electron chi connectivity index (χ1n) is 9.88. The van der Waals surface area contributed by atoms with Gasteiger partial charge in [0.2, 0.25) is 0 Å². The van der Waals surface area contributed by atoms with E-state index < -0.39 is 26.4 Å². The van der Waals surface area contributed by atoms with Crippen molar-refractivity contribution in [2.75, 3.05) is 26.1 Å². The van der Waals surface area contributed by atoms with Crippen molar-refractivity contribution in [1.82, 2.24) is 5.16 Å². The average molecular weight is 489 g/mol. The van der Waals surface area contributed by atoms with Crippen LogP contribution in [0.1, 0.15) is 6.42 Å². The molecule has 13 heteroatoms. The highest BCUT2D eigenvalue weighted by molar-refractivity contribution is 7.91. The van der Waals surface area contributed by atoms with Gasteiger partial charge in [-0.05, 0) is 29.2 Å². The minimum Gasteiger partial charge on any atom is -0.493 e. The number of rotatable bonds is 9. The van der Waals surface area contributed by atoms with Gasteiger partial charge in [0.25, 0.3) is 9.84 Å². The number of nitrogens with two attached hydrogens (primary N) is 1. The molecule has 0 saturated carbocycles. The summed E-state index contributed by atoms with van der Waals surface area (Å²) in [4.78, 5) is 11.3. The van der Waals surface area contributed by atoms with Gasteiger partial charge < -0.3 is 29.6 Å². The molecule has 2 heterocycles. The van der Waals surface area contributed by atoms with Crippen molar-refractivity contribution < 1.29 is 36.6 Å². The Morgan fingerprint density at radius 2 is 1.82 bits per heavy atom. The fourth-order valence-corrected chi connectivity index (χ4v) is 4.36. The topological polar surface area (TPSA) is 171 Å². The Morgan fingerprint density at radius 3 is 2.56 bits per heavy atom. The van der Waals surface area contributed by atoms with Crippen LogP contribution in [0.2, 0.25) is 0 Å². The summed E-state index contributed by atoms with van der Waals surface area (Å²) in [7, 11) is -2.75. The minimum atomic E-state index is -4.20. The molecule has 0 unspecified atom stereocenters. The SMILES string of the molecule is COc1cc2cc(N)c(=O)oc2cc1OCCCOc1no[n+]([O-])c1S(=O)(=O)c1ccccc1. The number of methoxy groups -OCH3 is 1. The molecule has 34 heavy (non-hydrogen) atoms. The number of benzene rings is 2. The number of nitrogens with zero attached hydrogens (tertiary/aromatic N) is 2. The summed E-state index contributed by atoms with van der Waals surface area (Å²) in [6.45, 7) is 0.0857. The number of ether oxygens (including phenoxy) is 3. The van der Waals surface area contributed by atoms with E-state index in [4.69, 9.17) is 24.4 Å². The van der Waals surface area contributed by atoms with Crippen molar-refractivity contribution in [2.45, 2.75) is 16.3 Å². The van der Waals surface area contributed by atoms with Crippen LogP contribution in [0.3, 0.4) is 0 Å². The Labute approximate surface area is 192 Å². The summed E-state index contributed by atoms with van der Waals surface area (Å²) in [5.74, 6) is 0.248. The molecule has 0 fully saturated rings. The second kappa shape index (κ2) is 9.31. The summed E-state index contributed by atoms with van der Waals surface area (Å²) in [5, 5.41) is 15.1. The van der Waals surface area contributed by atoms with Crippen molar-refractivity contribution in [2.24, 2.45) is 0 Å². The molecule has 2 N–H and O–H groups in total. The van der Waals surface area contributed by atoms with Crippen LogP contribution >= 0.6 is 0 Å². The summed E-state index contributed by atoms with van der Waals surface area (Å²) < 4.78 is 51.5. The molecule has 4 rings (SSSR count). The molecule has 0 saturated heterocycles. The minimum absolute atomic E-state index is 0.0266. The van der Waals surface area contributed by atoms with Crippen LogP contribution in [0, 0.1) is 5.21 Å². The highest BCUT2D eigenvalue weighted by atomic mass is 32.2. The Morgan fingerprint density at radius 1 is 1.09 bits per heavy atom. The van der Waals surface area contributed by atoms with Gasteiger partial charge in [-0.25, -0.2) is 13.2 Å². The maximum atomic E-state index is 12.8. The first kappa shape index (κ1) is 22.9. The first-order chi connectivity index (χ1) is 16.3. The van der Waals surface area contributed by atoms with Gasteiger partial charge in [0.1, 0.15) is 11.3 Å². The molecule has 12 nitrogen and oxygen atoms in total. The lowest BCUT2D eigenvalue weighted by molar-refractivity contribution is -0.832. The predicted octanol–water partition coefficient (Wildman–Crippen LogP) is 1.69. The number of aromatic nitrogens is 2. The summed E-state index contributed by atoms with van der Waals surface area (Å²) in [5.41, 5.74) is 5.16. The standard InChI is InChI=1S/C21H19N3O9S/c1-29-17-11-13-10-15(22)21(25)32-16(13)12-18(17)30-8-5-9-31-19-20(24(26)33-23-19)34(27,28)14-6-3-2-4-7-14/h2-4,6-7,10-12H,5,8-9,22H2,1H3. The predicted molar refractivity (Wildman–Crippen MR) is 116 cm³/mol. The van der Waals surface area contributed by atoms with Crippen LogP contribution < -0.4 is 30.5 Å². The average Bonchev–Trinajstić information content (AvgIpc) is 3.21. The molecule has 0 bridgehead atoms. The maximum absolute atomic E-state index is 12.8. The largest absolute Gasteiger partial charge is 0.493 e. The van der Waals surface area contributed by atoms with E-state index >= 15 is 0 Å². The monoisotopic (exact) mass is 489 g/mol. The number of sulfone groups is 1. The van der Waals surface area contributed by atoms with Gasteiger partial charge in [-0.15, -0.1) is 0 Å². The van der Waals surface area contributed by atoms with Gasteiger partial charge in [0.05, 0.1) is 30.4 Å². The quantitative estimate of drug-likeness (QED) is 0.206. The van der Waals surface area contributed by atoms with Crippen LogP contribution in [0.4, 0.5) is 5.69 Å². The van der Waals surface area contributed by atoms with Crippen LogP contribution in [-0.4, -0.2) is 33.9 Å². The molecule has 2 aromatic carbocycles. The fraction of sp³-hybridized carbons (Fsp3) is 0.190. The van der Waals surface area contributed by atoms with E-state index in [0.29, 0.717) is 16.9 Å². The van der Waals surface area contributed by atoms with Crippen LogP contribution in [0.25, 0.3) is 11.0 Å². The second-order valence-electron chi connectivity index (χ2n) is 6.94. The molecule has 0 atom stereocenters. The van der Waals surface area contributed by atoms with E-state index in [1.165, 1.54) is 43.5 Å². The number of anilines is 1. The van der Waals surface area contributed by atoms with Crippen molar-refractivity contribution in [3.05, 3.63) is 64.2 Å². The number of hydrogen-bond donors (Lipinski definition) is 1. The number of hydrogen-bond acceptors (Lipinski definition) is 11. The molecular formula is C21H19N3O9S. The highest BCUT2D eigenvalue weighted by Gasteiger charge is 2.35. The van der Waals surface area contributed by atoms with Crippen LogP contribution in [0.15, 0.2) is 72.3 Å². The van der Waals surface area contributed by atoms with Crippen molar-refractivity contribution in [3.63, 3.8) is 0 Å². The molecular weight excluding hydrogens is 470 g/mol. The van der Waals surface area contributed by atoms with Gasteiger partial charge in [0, 0.05) is 17.9 Å². The molecule has 4 aromatic rings. The summed E-state index contributed by atoms with van der Waals surface area (Å²) >= 11 is 0. The molecule has 2 aromatic heterocycles. The molecule has 0 radical (unpaired) electrons. The number of fused-ring (bicyclic) bond motifs is 1. The zero-order chi connectivity index (χ0) is 24.3. The van der Waals surface area contributed by atoms with Crippen molar-refractivity contribution >= 4 is 26.5 Å². The Hall–Kier alpha value is -4.26. The van der Waals surface area contributed by atoms with Crippen LogP contribution in [-0.2, 0) is 9.84 Å². The smallest absolute Gasteiger partial charge is 0.414 e. The Balaban J connectivity index is 1.42. The zero-order valence-electron chi connectivity index (χ0n) is 17.8. The third-order valence-corrected chi connectivity index (χ3v) is 6.41. The van der Waals surface area contributed by atoms with Gasteiger partial charge in [-0.1, -0.05) is 18.2 Å². The van der Waals surface area contributed by atoms with E-state index in [2.05, 4.69) is 9.79 Å². The molecule has 0 aliphatic carbocycles. The van der Waals surface area contributed by atoms with E-state index in [1.807, 2.05) is 0 Å². The van der Waals surface area contributed by atoms with Gasteiger partial charge in [-0.3, -0.25) is 4.63 Å². The molecule has 0 amide bonds. The number of nitrogen functional groups attached to an aromatic ring is 1. The maximum Gasteiger partial charge on any atom is 0.414 e. The van der Waals surface area contributed by atoms with E-state index in [1.54, 1.807) is 12.1 Å². The van der Waals surface area contributed by atoms with Crippen LogP contribution in [0.5, 0.6) is 17.4 Å². The first-order valence-corrected chi connectivity index (χ1v) is 11.4. The molecule has 0 aliphatic rings. The fourth-order valence-electron chi connectivity index (χ4n) is 3.07. The Kier molecular flexibility index (Phi) is 6.27. The molecule has 0 aliphatic heterocycles. The van der Waals surface area contributed by atoms with Crippen molar-refractivity contribution in [1.29, 1.82) is 0 Å². The second-order valence-corrected chi connectivity index (χ2v) is 8.80. The molecule has 178 valence electrons. The van der Waals surface area contributed by atoms with E-state index in [0.717, 1.165) is 0 Å². The van der Waals surface area contributed by atoms with E-state index in [-0.39, 0.29) is 40.7 Å². The van der Waals surface area contributed by atoms with Gasteiger partial charge in [0.15, 0.2) is 11.5 Å². The highest BCUT2D eigenvalue weighted by Crippen LogP contribution is 2.32. The van der Waals surface area contributed by atoms with Gasteiger partial charge >= 0.3 is 16.5 Å². The van der Waals surface area contributed by atoms with E-state index in [9.17, 15) is 18.4 Å². The third-order valence-electron chi connectivity index (χ3n) is 4.69. The lowest BCUT2D eigenvalue weighted by atomic mass is 10.2. The summed E-state index contributed by atoms with van der Waals surface area (Å²) in [6, 6.07) is 12.0.